The Morgan fingerprint density at radius 1 is 1.06 bits per heavy atom. The second-order valence-corrected chi connectivity index (χ2v) is 8.28. The highest BCUT2D eigenvalue weighted by Crippen LogP contribution is 2.35. The van der Waals surface area contributed by atoms with Crippen molar-refractivity contribution in [1.29, 1.82) is 0 Å². The van der Waals surface area contributed by atoms with Gasteiger partial charge in [-0.15, -0.1) is 0 Å². The first-order valence-corrected chi connectivity index (χ1v) is 10.7. The van der Waals surface area contributed by atoms with Crippen molar-refractivity contribution in [2.45, 2.75) is 12.5 Å². The van der Waals surface area contributed by atoms with E-state index in [1.807, 2.05) is 0 Å². The highest BCUT2D eigenvalue weighted by atomic mass is 35.5. The van der Waals surface area contributed by atoms with Gasteiger partial charge in [0.1, 0.15) is 17.5 Å². The van der Waals surface area contributed by atoms with E-state index in [4.69, 9.17) is 27.9 Å². The van der Waals surface area contributed by atoms with E-state index in [1.54, 1.807) is 41.1 Å². The van der Waals surface area contributed by atoms with Gasteiger partial charge >= 0.3 is 0 Å². The zero-order valence-electron chi connectivity index (χ0n) is 16.7. The lowest BCUT2D eigenvalue weighted by Crippen LogP contribution is -2.27. The van der Waals surface area contributed by atoms with Gasteiger partial charge in [0.05, 0.1) is 40.0 Å². The quantitative estimate of drug-likeness (QED) is 0.419. The number of ether oxygens (including phenoxy) is 1. The molecule has 9 heteroatoms. The van der Waals surface area contributed by atoms with E-state index in [0.29, 0.717) is 58.0 Å². The summed E-state index contributed by atoms with van der Waals surface area (Å²) >= 11 is 12.8. The van der Waals surface area contributed by atoms with Crippen LogP contribution in [0.3, 0.4) is 0 Å². The maximum atomic E-state index is 13.7. The van der Waals surface area contributed by atoms with Crippen molar-refractivity contribution in [2.24, 2.45) is 0 Å². The molecule has 1 aromatic carbocycles. The van der Waals surface area contributed by atoms with Crippen LogP contribution in [0.5, 0.6) is 0 Å². The maximum absolute atomic E-state index is 13.7. The Morgan fingerprint density at radius 2 is 1.84 bits per heavy atom. The molecule has 1 fully saturated rings. The van der Waals surface area contributed by atoms with Crippen molar-refractivity contribution in [2.75, 3.05) is 18.5 Å². The summed E-state index contributed by atoms with van der Waals surface area (Å²) in [4.78, 5) is 22.1. The van der Waals surface area contributed by atoms with Gasteiger partial charge in [0.2, 0.25) is 0 Å². The average Bonchev–Trinajstić information content (AvgIpc) is 3.30. The van der Waals surface area contributed by atoms with Crippen LogP contribution in [0.4, 0.5) is 16.0 Å². The van der Waals surface area contributed by atoms with Crippen molar-refractivity contribution in [1.82, 2.24) is 14.5 Å². The molecule has 3 aromatic heterocycles. The largest absolute Gasteiger partial charge is 0.379 e. The monoisotopic (exact) mass is 470 g/mol. The van der Waals surface area contributed by atoms with Crippen LogP contribution in [0.2, 0.25) is 10.0 Å². The van der Waals surface area contributed by atoms with Crippen molar-refractivity contribution < 1.29 is 9.13 Å². The molecule has 1 aliphatic rings. The number of halogens is 3. The number of anilines is 2. The molecule has 0 bridgehead atoms. The third-order valence-corrected chi connectivity index (χ3v) is 6.04. The van der Waals surface area contributed by atoms with Gasteiger partial charge in [-0.05, 0) is 36.8 Å². The van der Waals surface area contributed by atoms with E-state index in [-0.39, 0.29) is 11.6 Å². The maximum Gasteiger partial charge on any atom is 0.259 e. The van der Waals surface area contributed by atoms with Gasteiger partial charge in [0.15, 0.2) is 0 Å². The highest BCUT2D eigenvalue weighted by Gasteiger charge is 2.24. The summed E-state index contributed by atoms with van der Waals surface area (Å²) in [5.74, 6) is 0.492. The van der Waals surface area contributed by atoms with Crippen LogP contribution in [0, 0.1) is 5.82 Å². The van der Waals surface area contributed by atoms with Crippen LogP contribution in [0.15, 0.2) is 59.7 Å². The third kappa shape index (κ3) is 3.83. The first kappa shape index (κ1) is 20.9. The molecule has 4 aromatic rings. The van der Waals surface area contributed by atoms with Crippen molar-refractivity contribution in [3.05, 3.63) is 81.1 Å². The number of aromatic nitrogens is 3. The molecule has 1 aliphatic heterocycles. The molecule has 5 rings (SSSR count). The van der Waals surface area contributed by atoms with Crippen LogP contribution in [0.1, 0.15) is 12.5 Å². The van der Waals surface area contributed by atoms with Crippen LogP contribution in [-0.4, -0.2) is 27.7 Å². The molecule has 6 nitrogen and oxygen atoms in total. The molecule has 0 spiro atoms. The molecular formula is C23H17Cl2FN4O2. The van der Waals surface area contributed by atoms with Gasteiger partial charge < -0.3 is 14.6 Å². The minimum Gasteiger partial charge on any atom is -0.379 e. The smallest absolute Gasteiger partial charge is 0.259 e. The predicted octanol–water partition coefficient (Wildman–Crippen LogP) is 5.61. The molecule has 162 valence electrons. The standard InChI is InChI=1S/C23H17Cl2FN4O2/c24-17-2-1-3-18(25)22(17)16-8-13-10-27-21(29-20-5-4-14(26)11-28-20)9-19(13)30(23(16)31)15-6-7-32-12-15/h1-5,8-11,15H,6-7,12H2,(H,27,28,29)/t15-/m1/s1. The van der Waals surface area contributed by atoms with E-state index in [1.165, 1.54) is 12.1 Å². The Balaban J connectivity index is 1.70. The van der Waals surface area contributed by atoms with Crippen molar-refractivity contribution in [3.63, 3.8) is 0 Å². The molecule has 32 heavy (non-hydrogen) atoms. The second kappa shape index (κ2) is 8.50. The summed E-state index contributed by atoms with van der Waals surface area (Å²) in [6, 6.07) is 11.4. The molecule has 1 N–H and O–H groups in total. The zero-order valence-corrected chi connectivity index (χ0v) is 18.2. The Kier molecular flexibility index (Phi) is 5.55. The normalized spacial score (nSPS) is 15.9. The lowest BCUT2D eigenvalue weighted by Gasteiger charge is -2.19. The van der Waals surface area contributed by atoms with Crippen molar-refractivity contribution in [3.8, 4) is 11.1 Å². The molecule has 1 saturated heterocycles. The van der Waals surface area contributed by atoms with Gasteiger partial charge in [-0.2, -0.15) is 0 Å². The minimum absolute atomic E-state index is 0.134. The van der Waals surface area contributed by atoms with Crippen LogP contribution in [0.25, 0.3) is 22.0 Å². The highest BCUT2D eigenvalue weighted by molar-refractivity contribution is 6.39. The van der Waals surface area contributed by atoms with Gasteiger partial charge in [0.25, 0.3) is 5.56 Å². The second-order valence-electron chi connectivity index (χ2n) is 7.46. The Bertz CT molecular complexity index is 1350. The summed E-state index contributed by atoms with van der Waals surface area (Å²) in [7, 11) is 0. The topological polar surface area (TPSA) is 69.0 Å². The summed E-state index contributed by atoms with van der Waals surface area (Å²) in [5, 5.41) is 4.60. The lowest BCUT2D eigenvalue weighted by atomic mass is 10.0. The fourth-order valence-corrected chi connectivity index (χ4v) is 4.50. The fraction of sp³-hybridized carbons (Fsp3) is 0.174. The summed E-state index contributed by atoms with van der Waals surface area (Å²) < 4.78 is 20.4. The SMILES string of the molecule is O=c1c(-c2c(Cl)cccc2Cl)cc2cnc(Nc3ccc(F)cn3)cc2n1[C@@H]1CCOC1. The molecule has 0 saturated carbocycles. The summed E-state index contributed by atoms with van der Waals surface area (Å²) in [6.07, 6.45) is 3.50. The number of nitrogens with zero attached hydrogens (tertiary/aromatic N) is 3. The number of benzene rings is 1. The number of hydrogen-bond acceptors (Lipinski definition) is 5. The Labute approximate surface area is 192 Å². The van der Waals surface area contributed by atoms with Gasteiger partial charge in [-0.1, -0.05) is 29.3 Å². The molecule has 4 heterocycles. The van der Waals surface area contributed by atoms with Gasteiger partial charge in [0, 0.05) is 29.8 Å². The minimum atomic E-state index is -0.428. The number of fused-ring (bicyclic) bond motifs is 1. The first-order chi connectivity index (χ1) is 15.5. The molecule has 0 radical (unpaired) electrons. The molecule has 0 aliphatic carbocycles. The lowest BCUT2D eigenvalue weighted by molar-refractivity contribution is 0.186. The van der Waals surface area contributed by atoms with Crippen LogP contribution in [-0.2, 0) is 4.74 Å². The van der Waals surface area contributed by atoms with E-state index < -0.39 is 5.82 Å². The summed E-state index contributed by atoms with van der Waals surface area (Å²) in [6.45, 7) is 1.00. The molecular weight excluding hydrogens is 454 g/mol. The van der Waals surface area contributed by atoms with E-state index >= 15 is 0 Å². The number of nitrogens with one attached hydrogen (secondary N) is 1. The number of pyridine rings is 3. The van der Waals surface area contributed by atoms with Crippen LogP contribution >= 0.6 is 23.2 Å². The predicted molar refractivity (Wildman–Crippen MR) is 123 cm³/mol. The molecule has 0 unspecified atom stereocenters. The average molecular weight is 471 g/mol. The van der Waals surface area contributed by atoms with Gasteiger partial charge in [-0.25, -0.2) is 14.4 Å². The fourth-order valence-electron chi connectivity index (χ4n) is 3.90. The summed E-state index contributed by atoms with van der Waals surface area (Å²) in [5.41, 5.74) is 1.38. The zero-order chi connectivity index (χ0) is 22.2. The van der Waals surface area contributed by atoms with E-state index in [0.717, 1.165) is 11.6 Å². The van der Waals surface area contributed by atoms with Gasteiger partial charge in [-0.3, -0.25) is 4.79 Å². The van der Waals surface area contributed by atoms with E-state index in [9.17, 15) is 9.18 Å². The van der Waals surface area contributed by atoms with Crippen molar-refractivity contribution >= 4 is 45.7 Å². The Hall–Kier alpha value is -3.00. The Morgan fingerprint density at radius 3 is 2.53 bits per heavy atom. The third-order valence-electron chi connectivity index (χ3n) is 5.41. The number of hydrogen-bond donors (Lipinski definition) is 1. The first-order valence-electron chi connectivity index (χ1n) is 9.97. The molecule has 1 atom stereocenters. The number of rotatable bonds is 4. The van der Waals surface area contributed by atoms with Crippen LogP contribution < -0.4 is 10.9 Å². The van der Waals surface area contributed by atoms with E-state index in [2.05, 4.69) is 15.3 Å². The molecule has 0 amide bonds.